The fourth-order valence-electron chi connectivity index (χ4n) is 2.96. The fourth-order valence-corrected chi connectivity index (χ4v) is 4.31. The molecular weight excluding hydrogens is 278 g/mol. The van der Waals surface area contributed by atoms with Gasteiger partial charge in [-0.3, -0.25) is 4.90 Å². The van der Waals surface area contributed by atoms with Gasteiger partial charge in [-0.25, -0.2) is 9.59 Å². The van der Waals surface area contributed by atoms with Crippen LogP contribution >= 0.6 is 11.8 Å². The molecule has 2 rings (SSSR count). The largest absolute Gasteiger partial charge is 0.480 e. The third kappa shape index (κ3) is 3.40. The first kappa shape index (κ1) is 15.5. The van der Waals surface area contributed by atoms with Crippen LogP contribution in [-0.4, -0.2) is 51.8 Å². The molecule has 5 nitrogen and oxygen atoms in total. The Hall–Kier alpha value is -0.910. The second kappa shape index (κ2) is 5.47. The average Bonchev–Trinajstić information content (AvgIpc) is 2.68. The lowest BCUT2D eigenvalue weighted by atomic mass is 9.80. The Balaban J connectivity index is 2.13. The molecular formula is C14H23NO4S. The highest BCUT2D eigenvalue weighted by molar-refractivity contribution is 7.99. The zero-order valence-corrected chi connectivity index (χ0v) is 13.2. The van der Waals surface area contributed by atoms with Crippen molar-refractivity contribution in [1.82, 2.24) is 4.90 Å². The Morgan fingerprint density at radius 1 is 1.30 bits per heavy atom. The molecule has 1 N–H and O–H groups in total. The van der Waals surface area contributed by atoms with E-state index in [1.807, 2.05) is 11.8 Å². The van der Waals surface area contributed by atoms with E-state index in [0.29, 0.717) is 13.0 Å². The number of hydrogen-bond donors (Lipinski definition) is 1. The summed E-state index contributed by atoms with van der Waals surface area (Å²) in [6.45, 7) is 5.90. The Bertz CT molecular complexity index is 398. The van der Waals surface area contributed by atoms with Crippen molar-refractivity contribution in [2.45, 2.75) is 51.7 Å². The van der Waals surface area contributed by atoms with Crippen LogP contribution in [0.15, 0.2) is 0 Å². The van der Waals surface area contributed by atoms with Crippen molar-refractivity contribution in [2.24, 2.45) is 5.41 Å². The highest BCUT2D eigenvalue weighted by Gasteiger charge is 2.50. The lowest BCUT2D eigenvalue weighted by Gasteiger charge is -2.33. The first-order valence-corrected chi connectivity index (χ1v) is 8.18. The van der Waals surface area contributed by atoms with Gasteiger partial charge in [-0.1, -0.05) is 0 Å². The lowest BCUT2D eigenvalue weighted by Crippen LogP contribution is -2.43. The summed E-state index contributed by atoms with van der Waals surface area (Å²) in [5.74, 6) is 1.18. The van der Waals surface area contributed by atoms with Gasteiger partial charge in [0.2, 0.25) is 0 Å². The summed E-state index contributed by atoms with van der Waals surface area (Å²) in [5, 5.41) is 9.39. The number of thioether (sulfide) groups is 1. The second-order valence-electron chi connectivity index (χ2n) is 6.78. The molecule has 2 aliphatic rings. The number of ether oxygens (including phenoxy) is 1. The number of likely N-dealkylation sites (tertiary alicyclic amines) is 1. The van der Waals surface area contributed by atoms with Crippen molar-refractivity contribution in [3.63, 3.8) is 0 Å². The van der Waals surface area contributed by atoms with E-state index in [-0.39, 0.29) is 5.41 Å². The molecule has 2 heterocycles. The summed E-state index contributed by atoms with van der Waals surface area (Å²) in [6, 6.07) is -0.743. The highest BCUT2D eigenvalue weighted by Crippen LogP contribution is 2.45. The standard InChI is InChI=1S/C14H23NO4S/c1-13(2,3)19-12(18)15-9-14(4-6-20-7-5-14)8-10(15)11(16)17/h10H,4-9H2,1-3H3,(H,16,17). The molecule has 2 aliphatic heterocycles. The normalized spacial score (nSPS) is 25.8. The van der Waals surface area contributed by atoms with E-state index in [9.17, 15) is 14.7 Å². The lowest BCUT2D eigenvalue weighted by molar-refractivity contribution is -0.142. The topological polar surface area (TPSA) is 66.8 Å². The van der Waals surface area contributed by atoms with Gasteiger partial charge in [0.05, 0.1) is 0 Å². The molecule has 0 aliphatic carbocycles. The van der Waals surface area contributed by atoms with Crippen LogP contribution in [0.2, 0.25) is 0 Å². The predicted octanol–water partition coefficient (Wildman–Crippen LogP) is 2.59. The first-order valence-electron chi connectivity index (χ1n) is 7.03. The maximum atomic E-state index is 12.2. The molecule has 6 heteroatoms. The van der Waals surface area contributed by atoms with E-state index < -0.39 is 23.7 Å². The summed E-state index contributed by atoms with van der Waals surface area (Å²) < 4.78 is 5.35. The number of carboxylic acids is 1. The number of hydrogen-bond acceptors (Lipinski definition) is 4. The van der Waals surface area contributed by atoms with Crippen LogP contribution in [0.1, 0.15) is 40.0 Å². The van der Waals surface area contributed by atoms with Crippen molar-refractivity contribution >= 4 is 23.8 Å². The number of rotatable bonds is 1. The van der Waals surface area contributed by atoms with Crippen LogP contribution in [-0.2, 0) is 9.53 Å². The van der Waals surface area contributed by atoms with Gasteiger partial charge in [0.15, 0.2) is 0 Å². The minimum absolute atomic E-state index is 0.0226. The van der Waals surface area contributed by atoms with E-state index >= 15 is 0 Å². The summed E-state index contributed by atoms with van der Waals surface area (Å²) in [7, 11) is 0. The molecule has 0 radical (unpaired) electrons. The fraction of sp³-hybridized carbons (Fsp3) is 0.857. The molecule has 2 saturated heterocycles. The smallest absolute Gasteiger partial charge is 0.411 e. The van der Waals surface area contributed by atoms with E-state index in [1.54, 1.807) is 20.8 Å². The van der Waals surface area contributed by atoms with Gasteiger partial charge in [-0.2, -0.15) is 11.8 Å². The molecule has 114 valence electrons. The van der Waals surface area contributed by atoms with Crippen molar-refractivity contribution in [3.8, 4) is 0 Å². The molecule has 0 aromatic rings. The summed E-state index contributed by atoms with van der Waals surface area (Å²) in [4.78, 5) is 25.1. The molecule has 1 spiro atoms. The third-order valence-electron chi connectivity index (χ3n) is 3.97. The highest BCUT2D eigenvalue weighted by atomic mass is 32.2. The maximum absolute atomic E-state index is 12.2. The molecule has 2 fully saturated rings. The number of carbonyl (C=O) groups excluding carboxylic acids is 1. The average molecular weight is 301 g/mol. The minimum Gasteiger partial charge on any atom is -0.480 e. The van der Waals surface area contributed by atoms with Crippen LogP contribution in [0.5, 0.6) is 0 Å². The van der Waals surface area contributed by atoms with Gasteiger partial charge in [0.25, 0.3) is 0 Å². The quantitative estimate of drug-likeness (QED) is 0.806. The summed E-state index contributed by atoms with van der Waals surface area (Å²) in [6.07, 6.45) is 2.03. The summed E-state index contributed by atoms with van der Waals surface area (Å²) in [5.41, 5.74) is -0.622. The first-order chi connectivity index (χ1) is 9.22. The van der Waals surface area contributed by atoms with Gasteiger partial charge in [-0.05, 0) is 57.0 Å². The number of aliphatic carboxylic acids is 1. The number of nitrogens with zero attached hydrogens (tertiary/aromatic N) is 1. The molecule has 20 heavy (non-hydrogen) atoms. The zero-order valence-electron chi connectivity index (χ0n) is 12.3. The third-order valence-corrected chi connectivity index (χ3v) is 4.96. The Labute approximate surface area is 124 Å². The maximum Gasteiger partial charge on any atom is 0.411 e. The Morgan fingerprint density at radius 2 is 1.90 bits per heavy atom. The molecule has 0 aromatic carbocycles. The zero-order chi connectivity index (χ0) is 15.0. The van der Waals surface area contributed by atoms with E-state index in [1.165, 1.54) is 4.90 Å². The van der Waals surface area contributed by atoms with Crippen molar-refractivity contribution < 1.29 is 19.4 Å². The van der Waals surface area contributed by atoms with Crippen LogP contribution in [0.25, 0.3) is 0 Å². The predicted molar refractivity (Wildman–Crippen MR) is 78.0 cm³/mol. The number of carboxylic acid groups (broad SMARTS) is 1. The van der Waals surface area contributed by atoms with E-state index in [2.05, 4.69) is 0 Å². The van der Waals surface area contributed by atoms with Crippen molar-refractivity contribution in [1.29, 1.82) is 0 Å². The van der Waals surface area contributed by atoms with Crippen LogP contribution < -0.4 is 0 Å². The van der Waals surface area contributed by atoms with Crippen LogP contribution in [0.3, 0.4) is 0 Å². The molecule has 0 bridgehead atoms. The number of amides is 1. The minimum atomic E-state index is -0.925. The van der Waals surface area contributed by atoms with Gasteiger partial charge >= 0.3 is 12.1 Å². The van der Waals surface area contributed by atoms with Gasteiger partial charge in [0.1, 0.15) is 11.6 Å². The molecule has 1 atom stereocenters. The number of carbonyl (C=O) groups is 2. The van der Waals surface area contributed by atoms with Crippen molar-refractivity contribution in [3.05, 3.63) is 0 Å². The van der Waals surface area contributed by atoms with Crippen molar-refractivity contribution in [2.75, 3.05) is 18.1 Å². The molecule has 1 amide bonds. The second-order valence-corrected chi connectivity index (χ2v) is 8.00. The Kier molecular flexibility index (Phi) is 4.23. The van der Waals surface area contributed by atoms with Crippen LogP contribution in [0.4, 0.5) is 4.79 Å². The van der Waals surface area contributed by atoms with Gasteiger partial charge in [0, 0.05) is 6.54 Å². The molecule has 0 saturated carbocycles. The Morgan fingerprint density at radius 3 is 2.40 bits per heavy atom. The SMILES string of the molecule is CC(C)(C)OC(=O)N1CC2(CCSCC2)CC1C(=O)O. The van der Waals surface area contributed by atoms with Gasteiger partial charge < -0.3 is 9.84 Å². The summed E-state index contributed by atoms with van der Waals surface area (Å²) >= 11 is 1.90. The van der Waals surface area contributed by atoms with E-state index in [4.69, 9.17) is 4.74 Å². The molecule has 0 aromatic heterocycles. The monoisotopic (exact) mass is 301 g/mol. The van der Waals surface area contributed by atoms with Crippen LogP contribution in [0, 0.1) is 5.41 Å². The molecule has 1 unspecified atom stereocenters. The van der Waals surface area contributed by atoms with E-state index in [0.717, 1.165) is 24.3 Å². The van der Waals surface area contributed by atoms with Gasteiger partial charge in [-0.15, -0.1) is 0 Å².